The first kappa shape index (κ1) is 17.0. The third kappa shape index (κ3) is 4.30. The molecule has 5 heteroatoms. The van der Waals surface area contributed by atoms with Crippen molar-refractivity contribution in [3.8, 4) is 0 Å². The van der Waals surface area contributed by atoms with E-state index in [0.717, 1.165) is 34.8 Å². The van der Waals surface area contributed by atoms with Crippen molar-refractivity contribution in [2.24, 2.45) is 0 Å². The fourth-order valence-corrected chi connectivity index (χ4v) is 3.49. The maximum atomic E-state index is 6.35. The van der Waals surface area contributed by atoms with E-state index in [0.29, 0.717) is 0 Å². The Labute approximate surface area is 141 Å². The van der Waals surface area contributed by atoms with Crippen LogP contribution in [0, 0.1) is 0 Å². The van der Waals surface area contributed by atoms with Gasteiger partial charge < -0.3 is 4.57 Å². The Kier molecular flexibility index (Phi) is 6.72. The van der Waals surface area contributed by atoms with Crippen LogP contribution in [0.15, 0.2) is 18.2 Å². The van der Waals surface area contributed by atoms with Gasteiger partial charge in [0.15, 0.2) is 0 Å². The van der Waals surface area contributed by atoms with Gasteiger partial charge in [-0.25, -0.2) is 4.98 Å². The van der Waals surface area contributed by atoms with Crippen LogP contribution in [0.5, 0.6) is 0 Å². The fourth-order valence-electron chi connectivity index (χ4n) is 2.56. The Morgan fingerprint density at radius 2 is 2.00 bits per heavy atom. The molecule has 0 aliphatic heterocycles. The van der Waals surface area contributed by atoms with Gasteiger partial charge >= 0.3 is 0 Å². The van der Waals surface area contributed by atoms with E-state index in [9.17, 15) is 0 Å². The lowest BCUT2D eigenvalue weighted by molar-refractivity contribution is 0.575. The average Bonchev–Trinajstić information content (AvgIpc) is 2.83. The van der Waals surface area contributed by atoms with E-state index in [1.165, 1.54) is 25.0 Å². The molecule has 0 aliphatic rings. The van der Waals surface area contributed by atoms with Gasteiger partial charge in [-0.15, -0.1) is 11.6 Å². The second-order valence-corrected chi connectivity index (χ2v) is 7.30. The second kappa shape index (κ2) is 8.30. The number of alkyl halides is 1. The van der Waals surface area contributed by atoms with Crippen LogP contribution in [0.4, 0.5) is 0 Å². The number of unbranched alkanes of at least 4 members (excludes halogenated alkanes) is 3. The van der Waals surface area contributed by atoms with Crippen molar-refractivity contribution in [2.75, 3.05) is 12.0 Å². The highest BCUT2D eigenvalue weighted by Gasteiger charge is 2.16. The number of thioether (sulfide) groups is 1. The molecular formula is C16H22Cl2N2S. The summed E-state index contributed by atoms with van der Waals surface area (Å²) in [6, 6.07) is 5.86. The van der Waals surface area contributed by atoms with E-state index in [1.807, 2.05) is 36.9 Å². The van der Waals surface area contributed by atoms with Crippen molar-refractivity contribution in [1.82, 2.24) is 9.55 Å². The maximum absolute atomic E-state index is 6.35. The molecule has 0 radical (unpaired) electrons. The highest BCUT2D eigenvalue weighted by molar-refractivity contribution is 7.98. The lowest BCUT2D eigenvalue weighted by Crippen LogP contribution is -2.05. The molecule has 0 N–H and O–H groups in total. The molecule has 0 fully saturated rings. The van der Waals surface area contributed by atoms with Crippen molar-refractivity contribution in [1.29, 1.82) is 0 Å². The van der Waals surface area contributed by atoms with Gasteiger partial charge in [-0.1, -0.05) is 30.5 Å². The van der Waals surface area contributed by atoms with Crippen LogP contribution in [0.3, 0.4) is 0 Å². The summed E-state index contributed by atoms with van der Waals surface area (Å²) in [5.41, 5.74) is 1.96. The number of fused-ring (bicyclic) bond motifs is 1. The first-order valence-electron chi connectivity index (χ1n) is 7.42. The highest BCUT2D eigenvalue weighted by atomic mass is 35.5. The number of aryl methyl sites for hydroxylation is 1. The van der Waals surface area contributed by atoms with E-state index in [4.69, 9.17) is 23.2 Å². The average molecular weight is 345 g/mol. The summed E-state index contributed by atoms with van der Waals surface area (Å²) in [4.78, 5) is 4.64. The lowest BCUT2D eigenvalue weighted by Gasteiger charge is -2.11. The minimum atomic E-state index is -0.107. The quantitative estimate of drug-likeness (QED) is 0.437. The van der Waals surface area contributed by atoms with Crippen LogP contribution >= 0.6 is 35.0 Å². The SMILES string of the molecule is CSCCCCCCn1c(C(C)Cl)nc2cccc(Cl)c21. The van der Waals surface area contributed by atoms with Crippen molar-refractivity contribution >= 4 is 46.0 Å². The molecule has 116 valence electrons. The van der Waals surface area contributed by atoms with Gasteiger partial charge in [-0.05, 0) is 43.9 Å². The first-order chi connectivity index (χ1) is 10.1. The molecule has 0 aliphatic carbocycles. The summed E-state index contributed by atoms with van der Waals surface area (Å²) in [7, 11) is 0. The summed E-state index contributed by atoms with van der Waals surface area (Å²) in [5, 5.41) is 0.649. The van der Waals surface area contributed by atoms with Crippen LogP contribution < -0.4 is 0 Å². The topological polar surface area (TPSA) is 17.8 Å². The number of nitrogens with zero attached hydrogens (tertiary/aromatic N) is 2. The summed E-state index contributed by atoms with van der Waals surface area (Å²) < 4.78 is 2.20. The molecule has 2 nitrogen and oxygen atoms in total. The van der Waals surface area contributed by atoms with E-state index < -0.39 is 0 Å². The molecule has 21 heavy (non-hydrogen) atoms. The molecule has 0 amide bonds. The molecule has 0 saturated heterocycles. The van der Waals surface area contributed by atoms with Crippen LogP contribution in [0.2, 0.25) is 5.02 Å². The third-order valence-electron chi connectivity index (χ3n) is 3.58. The minimum Gasteiger partial charge on any atom is -0.326 e. The van der Waals surface area contributed by atoms with Gasteiger partial charge in [0.1, 0.15) is 5.82 Å². The number of imidazole rings is 1. The zero-order valence-corrected chi connectivity index (χ0v) is 14.9. The second-order valence-electron chi connectivity index (χ2n) is 5.25. The normalized spacial score (nSPS) is 13.0. The van der Waals surface area contributed by atoms with Crippen molar-refractivity contribution in [3.63, 3.8) is 0 Å². The van der Waals surface area contributed by atoms with Crippen molar-refractivity contribution in [3.05, 3.63) is 29.0 Å². The zero-order chi connectivity index (χ0) is 15.2. The monoisotopic (exact) mass is 344 g/mol. The number of rotatable bonds is 8. The molecule has 0 bridgehead atoms. The highest BCUT2D eigenvalue weighted by Crippen LogP contribution is 2.29. The van der Waals surface area contributed by atoms with E-state index >= 15 is 0 Å². The number of aromatic nitrogens is 2. The Balaban J connectivity index is 2.11. The maximum Gasteiger partial charge on any atom is 0.127 e. The summed E-state index contributed by atoms with van der Waals surface area (Å²) in [6.07, 6.45) is 7.12. The van der Waals surface area contributed by atoms with Crippen LogP contribution in [-0.4, -0.2) is 21.6 Å². The van der Waals surface area contributed by atoms with Gasteiger partial charge in [0.25, 0.3) is 0 Å². The molecule has 0 spiro atoms. The van der Waals surface area contributed by atoms with Gasteiger partial charge in [0.2, 0.25) is 0 Å². The number of halogens is 2. The molecule has 1 aromatic heterocycles. The van der Waals surface area contributed by atoms with E-state index in [1.54, 1.807) is 0 Å². The number of hydrogen-bond acceptors (Lipinski definition) is 2. The molecule has 2 rings (SSSR count). The smallest absolute Gasteiger partial charge is 0.127 e. The Bertz CT molecular complexity index is 581. The third-order valence-corrected chi connectivity index (χ3v) is 4.78. The number of para-hydroxylation sites is 1. The Morgan fingerprint density at radius 1 is 1.24 bits per heavy atom. The van der Waals surface area contributed by atoms with E-state index in [-0.39, 0.29) is 5.38 Å². The number of hydrogen-bond donors (Lipinski definition) is 0. The van der Waals surface area contributed by atoms with Gasteiger partial charge in [0.05, 0.1) is 21.4 Å². The van der Waals surface area contributed by atoms with Crippen LogP contribution in [0.25, 0.3) is 11.0 Å². The predicted molar refractivity (Wildman–Crippen MR) is 95.9 cm³/mol. The standard InChI is InChI=1S/C16H22Cl2N2S/c1-12(17)16-19-14-9-7-8-13(18)15(14)20(16)10-5-3-4-6-11-21-2/h7-9,12H,3-6,10-11H2,1-2H3. The van der Waals surface area contributed by atoms with Crippen LogP contribution in [0.1, 0.15) is 43.8 Å². The Morgan fingerprint density at radius 3 is 2.71 bits per heavy atom. The van der Waals surface area contributed by atoms with Gasteiger partial charge in [-0.3, -0.25) is 0 Å². The summed E-state index contributed by atoms with van der Waals surface area (Å²) in [5.74, 6) is 2.17. The Hall–Kier alpha value is -0.380. The zero-order valence-electron chi connectivity index (χ0n) is 12.6. The molecule has 0 saturated carbocycles. The fraction of sp³-hybridized carbons (Fsp3) is 0.562. The lowest BCUT2D eigenvalue weighted by atomic mass is 10.2. The molecular weight excluding hydrogens is 323 g/mol. The van der Waals surface area contributed by atoms with E-state index in [2.05, 4.69) is 15.8 Å². The predicted octanol–water partition coefficient (Wildman–Crippen LogP) is 5.91. The van der Waals surface area contributed by atoms with Crippen LogP contribution in [-0.2, 0) is 6.54 Å². The number of benzene rings is 1. The molecule has 1 atom stereocenters. The molecule has 1 heterocycles. The molecule has 1 aromatic carbocycles. The summed E-state index contributed by atoms with van der Waals surface area (Å²) >= 11 is 14.6. The largest absolute Gasteiger partial charge is 0.326 e. The summed E-state index contributed by atoms with van der Waals surface area (Å²) in [6.45, 7) is 2.90. The van der Waals surface area contributed by atoms with Gasteiger partial charge in [-0.2, -0.15) is 11.8 Å². The van der Waals surface area contributed by atoms with Gasteiger partial charge in [0, 0.05) is 6.54 Å². The molecule has 2 aromatic rings. The first-order valence-corrected chi connectivity index (χ1v) is 9.63. The molecule has 1 unspecified atom stereocenters. The minimum absolute atomic E-state index is 0.107. The van der Waals surface area contributed by atoms with Crippen molar-refractivity contribution < 1.29 is 0 Å². The van der Waals surface area contributed by atoms with Crippen molar-refractivity contribution in [2.45, 2.75) is 44.5 Å².